The minimum absolute atomic E-state index is 0.199. The zero-order valence-corrected chi connectivity index (χ0v) is 9.09. The molecule has 1 N–H and O–H groups in total. The van der Waals surface area contributed by atoms with Gasteiger partial charge in [-0.15, -0.1) is 0 Å². The van der Waals surface area contributed by atoms with Crippen LogP contribution in [-0.2, 0) is 4.79 Å². The number of hydrogen-bond donors (Lipinski definition) is 2. The van der Waals surface area contributed by atoms with Gasteiger partial charge in [0.05, 0.1) is 7.05 Å². The molecular weight excluding hydrogens is 188 g/mol. The smallest absolute Gasteiger partial charge is 0.123 e. The Labute approximate surface area is 84.9 Å². The molecule has 0 aliphatic carbocycles. The van der Waals surface area contributed by atoms with Crippen LogP contribution >= 0.6 is 12.6 Å². The van der Waals surface area contributed by atoms with Crippen molar-refractivity contribution in [1.82, 2.24) is 5.32 Å². The Morgan fingerprint density at radius 3 is 2.38 bits per heavy atom. The quantitative estimate of drug-likeness (QED) is 0.389. The second-order valence-corrected chi connectivity index (χ2v) is 2.93. The van der Waals surface area contributed by atoms with Crippen LogP contribution < -0.4 is 5.32 Å². The molecule has 0 aliphatic rings. The van der Waals surface area contributed by atoms with E-state index in [1.165, 1.54) is 7.05 Å². The van der Waals surface area contributed by atoms with Crippen molar-refractivity contribution < 1.29 is 4.79 Å². The molecule has 0 bridgehead atoms. The zero-order valence-electron chi connectivity index (χ0n) is 8.19. The Hall–Kier alpha value is -0.420. The van der Waals surface area contributed by atoms with Gasteiger partial charge in [-0.2, -0.15) is 17.5 Å². The first kappa shape index (κ1) is 15.1. The van der Waals surface area contributed by atoms with Gasteiger partial charge < -0.3 is 10.1 Å². The second kappa shape index (κ2) is 14.1. The number of nitroso groups, excluding NO2 is 1. The van der Waals surface area contributed by atoms with Gasteiger partial charge in [0.1, 0.15) is 6.29 Å². The number of rotatable bonds is 6. The van der Waals surface area contributed by atoms with Crippen LogP contribution in [0.1, 0.15) is 12.8 Å². The molecule has 0 aromatic heterocycles. The van der Waals surface area contributed by atoms with E-state index in [1.807, 2.05) is 7.05 Å². The Morgan fingerprint density at radius 2 is 2.08 bits per heavy atom. The van der Waals surface area contributed by atoms with Crippen LogP contribution in [-0.4, -0.2) is 32.7 Å². The van der Waals surface area contributed by atoms with Crippen molar-refractivity contribution in [3.05, 3.63) is 4.91 Å². The molecule has 0 radical (unpaired) electrons. The van der Waals surface area contributed by atoms with Crippen LogP contribution in [0, 0.1) is 10.8 Å². The molecule has 4 nitrogen and oxygen atoms in total. The number of nitrogens with zero attached hydrogens (tertiary/aromatic N) is 1. The van der Waals surface area contributed by atoms with Crippen LogP contribution in [0.4, 0.5) is 0 Å². The Morgan fingerprint density at radius 1 is 1.54 bits per heavy atom. The molecule has 0 saturated carbocycles. The lowest BCUT2D eigenvalue weighted by atomic mass is 10.1. The fraction of sp³-hybridized carbons (Fsp3) is 0.875. The van der Waals surface area contributed by atoms with Crippen molar-refractivity contribution in [2.45, 2.75) is 12.8 Å². The summed E-state index contributed by atoms with van der Waals surface area (Å²) in [7, 11) is 3.09. The molecule has 0 rings (SSSR count). The lowest BCUT2D eigenvalue weighted by Gasteiger charge is -2.06. The molecule has 1 atom stereocenters. The highest BCUT2D eigenvalue weighted by molar-refractivity contribution is 7.80. The maximum absolute atomic E-state index is 10.3. The van der Waals surface area contributed by atoms with Crippen molar-refractivity contribution in [3.63, 3.8) is 0 Å². The van der Waals surface area contributed by atoms with E-state index in [0.717, 1.165) is 31.4 Å². The van der Waals surface area contributed by atoms with E-state index in [9.17, 15) is 4.79 Å². The second-order valence-electron chi connectivity index (χ2n) is 2.48. The summed E-state index contributed by atoms with van der Waals surface area (Å²) in [5, 5.41) is 5.26. The number of aldehydes is 1. The van der Waals surface area contributed by atoms with Crippen LogP contribution in [0.3, 0.4) is 0 Å². The largest absolute Gasteiger partial charge is 0.320 e. The van der Waals surface area contributed by atoms with E-state index in [1.54, 1.807) is 0 Å². The highest BCUT2D eigenvalue weighted by atomic mass is 32.1. The number of nitrogens with one attached hydrogen (secondary N) is 1. The normalized spacial score (nSPS) is 11.0. The van der Waals surface area contributed by atoms with Gasteiger partial charge in [0.25, 0.3) is 0 Å². The average Bonchev–Trinajstić information content (AvgIpc) is 2.13. The maximum Gasteiger partial charge on any atom is 0.123 e. The lowest BCUT2D eigenvalue weighted by molar-refractivity contribution is -0.111. The van der Waals surface area contributed by atoms with Crippen molar-refractivity contribution >= 4 is 18.9 Å². The molecule has 13 heavy (non-hydrogen) atoms. The topological polar surface area (TPSA) is 58.5 Å². The first-order valence-electron chi connectivity index (χ1n) is 4.19. The summed E-state index contributed by atoms with van der Waals surface area (Å²) in [4.78, 5) is 18.9. The van der Waals surface area contributed by atoms with Gasteiger partial charge in [0.2, 0.25) is 0 Å². The third-order valence-electron chi connectivity index (χ3n) is 1.46. The molecule has 0 heterocycles. The summed E-state index contributed by atoms with van der Waals surface area (Å²) in [6, 6.07) is 0. The van der Waals surface area contributed by atoms with Gasteiger partial charge in [0, 0.05) is 5.92 Å². The summed E-state index contributed by atoms with van der Waals surface area (Å²) < 4.78 is 0. The predicted molar refractivity (Wildman–Crippen MR) is 58.3 cm³/mol. The molecule has 0 aromatic carbocycles. The molecule has 78 valence electrons. The van der Waals surface area contributed by atoms with Gasteiger partial charge in [0.15, 0.2) is 0 Å². The average molecular weight is 206 g/mol. The summed E-state index contributed by atoms with van der Waals surface area (Å²) in [5.41, 5.74) is 0. The van der Waals surface area contributed by atoms with Crippen LogP contribution in [0.15, 0.2) is 5.18 Å². The molecular formula is C8H18N2O2S. The van der Waals surface area contributed by atoms with E-state index in [0.29, 0.717) is 0 Å². The fourth-order valence-corrected chi connectivity index (χ4v) is 1.11. The summed E-state index contributed by atoms with van der Waals surface area (Å²) in [6.07, 6.45) is 2.85. The Kier molecular flexibility index (Phi) is 16.4. The monoisotopic (exact) mass is 206 g/mol. The van der Waals surface area contributed by atoms with Crippen molar-refractivity contribution in [3.8, 4) is 0 Å². The predicted octanol–water partition coefficient (Wildman–Crippen LogP) is 1.11. The maximum atomic E-state index is 10.3. The SMILES string of the molecule is CN=O.CNCCC(C=O)CCS. The molecule has 0 aliphatic heterocycles. The van der Waals surface area contributed by atoms with Crippen molar-refractivity contribution in [2.24, 2.45) is 11.1 Å². The standard InChI is InChI=1S/C7H15NOS.CH3NO/c1-8-4-2-7(6-9)3-5-10;1-2-3/h6-8,10H,2-5H2,1H3;1H3. The van der Waals surface area contributed by atoms with Gasteiger partial charge in [-0.3, -0.25) is 0 Å². The highest BCUT2D eigenvalue weighted by Gasteiger charge is 2.03. The van der Waals surface area contributed by atoms with Gasteiger partial charge in [-0.1, -0.05) is 5.18 Å². The third-order valence-corrected chi connectivity index (χ3v) is 1.72. The Bertz CT molecular complexity index is 123. The summed E-state index contributed by atoms with van der Waals surface area (Å²) >= 11 is 4.06. The van der Waals surface area contributed by atoms with E-state index in [-0.39, 0.29) is 5.92 Å². The molecule has 0 aromatic rings. The lowest BCUT2D eigenvalue weighted by Crippen LogP contribution is -2.14. The zero-order chi connectivity index (χ0) is 10.5. The minimum atomic E-state index is 0.199. The highest BCUT2D eigenvalue weighted by Crippen LogP contribution is 2.04. The summed E-state index contributed by atoms with van der Waals surface area (Å²) in [6.45, 7) is 0.914. The van der Waals surface area contributed by atoms with E-state index in [4.69, 9.17) is 4.91 Å². The number of hydrogen-bond acceptors (Lipinski definition) is 5. The van der Waals surface area contributed by atoms with Gasteiger partial charge in [-0.05, 0) is 32.2 Å². The molecule has 0 saturated heterocycles. The van der Waals surface area contributed by atoms with Crippen molar-refractivity contribution in [1.29, 1.82) is 0 Å². The van der Waals surface area contributed by atoms with Gasteiger partial charge in [-0.25, -0.2) is 0 Å². The van der Waals surface area contributed by atoms with E-state index < -0.39 is 0 Å². The molecule has 0 amide bonds. The number of carbonyl (C=O) groups excluding carboxylic acids is 1. The Balaban J connectivity index is 0. The molecule has 0 fully saturated rings. The van der Waals surface area contributed by atoms with Gasteiger partial charge >= 0.3 is 0 Å². The third kappa shape index (κ3) is 14.4. The number of thiol groups is 1. The fourth-order valence-electron chi connectivity index (χ4n) is 0.776. The van der Waals surface area contributed by atoms with Crippen LogP contribution in [0.25, 0.3) is 0 Å². The molecule has 5 heteroatoms. The first-order valence-corrected chi connectivity index (χ1v) is 4.82. The number of carbonyl (C=O) groups is 1. The van der Waals surface area contributed by atoms with Crippen LogP contribution in [0.2, 0.25) is 0 Å². The van der Waals surface area contributed by atoms with E-state index >= 15 is 0 Å². The first-order chi connectivity index (χ1) is 6.26. The molecule has 1 unspecified atom stereocenters. The minimum Gasteiger partial charge on any atom is -0.320 e. The van der Waals surface area contributed by atoms with Crippen LogP contribution in [0.5, 0.6) is 0 Å². The van der Waals surface area contributed by atoms with Crippen molar-refractivity contribution in [2.75, 3.05) is 26.4 Å². The van der Waals surface area contributed by atoms with E-state index in [2.05, 4.69) is 23.1 Å². The molecule has 0 spiro atoms. The summed E-state index contributed by atoms with van der Waals surface area (Å²) in [5.74, 6) is 0.998.